The maximum atomic E-state index is 11.8. The van der Waals surface area contributed by atoms with Crippen molar-refractivity contribution in [3.63, 3.8) is 0 Å². The fourth-order valence-corrected chi connectivity index (χ4v) is 2.20. The molecule has 3 heteroatoms. The molecule has 0 radical (unpaired) electrons. The summed E-state index contributed by atoms with van der Waals surface area (Å²) in [4.78, 5) is 13.8. The van der Waals surface area contributed by atoms with Crippen LogP contribution >= 0.6 is 0 Å². The van der Waals surface area contributed by atoms with Crippen molar-refractivity contribution < 1.29 is 4.79 Å². The van der Waals surface area contributed by atoms with Crippen LogP contribution in [0.2, 0.25) is 0 Å². The van der Waals surface area contributed by atoms with Crippen molar-refractivity contribution in [2.45, 2.75) is 46.0 Å². The summed E-state index contributed by atoms with van der Waals surface area (Å²) in [7, 11) is 0. The first-order valence-corrected chi connectivity index (χ1v) is 6.72. The second-order valence-corrected chi connectivity index (χ2v) is 4.96. The van der Waals surface area contributed by atoms with E-state index in [1.165, 1.54) is 19.3 Å². The maximum absolute atomic E-state index is 11.8. The van der Waals surface area contributed by atoms with Gasteiger partial charge in [0.2, 0.25) is 5.91 Å². The van der Waals surface area contributed by atoms with Crippen LogP contribution in [0.3, 0.4) is 0 Å². The number of hydrogen-bond acceptors (Lipinski definition) is 2. The molecule has 16 heavy (non-hydrogen) atoms. The Hall–Kier alpha value is -0.570. The van der Waals surface area contributed by atoms with E-state index in [-0.39, 0.29) is 0 Å². The largest absolute Gasteiger partial charge is 0.342 e. The van der Waals surface area contributed by atoms with Crippen LogP contribution in [-0.4, -0.2) is 37.0 Å². The highest BCUT2D eigenvalue weighted by atomic mass is 16.2. The van der Waals surface area contributed by atoms with Crippen LogP contribution in [0.4, 0.5) is 0 Å². The summed E-state index contributed by atoms with van der Waals surface area (Å²) in [6.45, 7) is 8.40. The molecule has 0 aliphatic carbocycles. The third-order valence-corrected chi connectivity index (χ3v) is 3.12. The van der Waals surface area contributed by atoms with E-state index >= 15 is 0 Å². The molecule has 0 saturated carbocycles. The van der Waals surface area contributed by atoms with E-state index in [0.717, 1.165) is 39.0 Å². The lowest BCUT2D eigenvalue weighted by atomic mass is 10.1. The van der Waals surface area contributed by atoms with E-state index in [4.69, 9.17) is 0 Å². The van der Waals surface area contributed by atoms with Crippen molar-refractivity contribution >= 4 is 5.91 Å². The molecular weight excluding hydrogens is 200 g/mol. The highest BCUT2D eigenvalue weighted by Gasteiger charge is 2.18. The van der Waals surface area contributed by atoms with E-state index in [1.807, 2.05) is 0 Å². The molecule has 0 aromatic carbocycles. The first-order chi connectivity index (χ1) is 7.74. The van der Waals surface area contributed by atoms with E-state index in [2.05, 4.69) is 24.1 Å². The van der Waals surface area contributed by atoms with Crippen molar-refractivity contribution in [3.8, 4) is 0 Å². The molecule has 1 atom stereocenters. The van der Waals surface area contributed by atoms with Gasteiger partial charge in [-0.05, 0) is 38.3 Å². The monoisotopic (exact) mass is 226 g/mol. The van der Waals surface area contributed by atoms with Crippen LogP contribution < -0.4 is 5.32 Å². The Bertz CT molecular complexity index is 206. The average molecular weight is 226 g/mol. The lowest BCUT2D eigenvalue weighted by Crippen LogP contribution is -2.37. The van der Waals surface area contributed by atoms with Crippen LogP contribution in [0, 0.1) is 5.92 Å². The Morgan fingerprint density at radius 1 is 1.38 bits per heavy atom. The third kappa shape index (κ3) is 4.97. The molecule has 3 nitrogen and oxygen atoms in total. The van der Waals surface area contributed by atoms with Gasteiger partial charge in [-0.25, -0.2) is 0 Å². The first kappa shape index (κ1) is 13.5. The average Bonchev–Trinajstić information content (AvgIpc) is 2.45. The minimum absolute atomic E-state index is 0.361. The van der Waals surface area contributed by atoms with Gasteiger partial charge in [-0.15, -0.1) is 0 Å². The number of likely N-dealkylation sites (tertiary alicyclic amines) is 1. The van der Waals surface area contributed by atoms with Crippen LogP contribution in [0.5, 0.6) is 0 Å². The molecule has 0 spiro atoms. The summed E-state index contributed by atoms with van der Waals surface area (Å²) in [5.74, 6) is 0.924. The third-order valence-electron chi connectivity index (χ3n) is 3.12. The molecule has 1 aliphatic rings. The van der Waals surface area contributed by atoms with E-state index < -0.39 is 0 Å². The molecule has 0 aromatic rings. The molecule has 1 heterocycles. The second kappa shape index (κ2) is 7.66. The summed E-state index contributed by atoms with van der Waals surface area (Å²) in [6, 6.07) is 0. The van der Waals surface area contributed by atoms with Crippen LogP contribution in [0.15, 0.2) is 0 Å². The van der Waals surface area contributed by atoms with Gasteiger partial charge in [0, 0.05) is 19.5 Å². The van der Waals surface area contributed by atoms with Crippen molar-refractivity contribution in [2.75, 3.05) is 26.2 Å². The zero-order valence-electron chi connectivity index (χ0n) is 10.8. The maximum Gasteiger partial charge on any atom is 0.222 e. The Labute approximate surface area is 99.6 Å². The quantitative estimate of drug-likeness (QED) is 0.703. The van der Waals surface area contributed by atoms with Gasteiger partial charge in [-0.1, -0.05) is 20.3 Å². The fraction of sp³-hybridized carbons (Fsp3) is 0.923. The van der Waals surface area contributed by atoms with Gasteiger partial charge in [0.1, 0.15) is 0 Å². The molecular formula is C13H26N2O. The lowest BCUT2D eigenvalue weighted by molar-refractivity contribution is -0.131. The number of nitrogens with one attached hydrogen (secondary N) is 1. The minimum Gasteiger partial charge on any atom is -0.342 e. The van der Waals surface area contributed by atoms with Crippen molar-refractivity contribution in [3.05, 3.63) is 0 Å². The summed E-state index contributed by atoms with van der Waals surface area (Å²) in [5, 5.41) is 3.42. The molecule has 94 valence electrons. The van der Waals surface area contributed by atoms with E-state index in [9.17, 15) is 4.79 Å². The van der Waals surface area contributed by atoms with E-state index in [1.54, 1.807) is 0 Å². The lowest BCUT2D eigenvalue weighted by Gasteiger charge is -2.24. The van der Waals surface area contributed by atoms with Crippen LogP contribution in [0.25, 0.3) is 0 Å². The second-order valence-electron chi connectivity index (χ2n) is 4.96. The number of amides is 1. The number of hydrogen-bond donors (Lipinski definition) is 1. The highest BCUT2D eigenvalue weighted by Crippen LogP contribution is 2.12. The highest BCUT2D eigenvalue weighted by molar-refractivity contribution is 5.76. The normalized spacial score (nSPS) is 19.6. The van der Waals surface area contributed by atoms with Gasteiger partial charge in [0.25, 0.3) is 0 Å². The molecule has 1 unspecified atom stereocenters. The summed E-state index contributed by atoms with van der Waals surface area (Å²) in [5.41, 5.74) is 0. The molecule has 0 bridgehead atoms. The van der Waals surface area contributed by atoms with Crippen molar-refractivity contribution in [1.29, 1.82) is 0 Å². The van der Waals surface area contributed by atoms with Gasteiger partial charge in [-0.3, -0.25) is 4.79 Å². The smallest absolute Gasteiger partial charge is 0.222 e. The Balaban J connectivity index is 2.24. The molecule has 1 rings (SSSR count). The number of carbonyl (C=O) groups is 1. The zero-order valence-corrected chi connectivity index (χ0v) is 10.8. The molecule has 1 fully saturated rings. The fourth-order valence-electron chi connectivity index (χ4n) is 2.20. The Morgan fingerprint density at radius 2 is 2.19 bits per heavy atom. The van der Waals surface area contributed by atoms with Crippen molar-refractivity contribution in [2.24, 2.45) is 5.92 Å². The first-order valence-electron chi connectivity index (χ1n) is 6.72. The number of carbonyl (C=O) groups excluding carboxylic acids is 1. The number of nitrogens with zero attached hydrogens (tertiary/aromatic N) is 1. The Morgan fingerprint density at radius 3 is 2.94 bits per heavy atom. The van der Waals surface area contributed by atoms with Crippen molar-refractivity contribution in [1.82, 2.24) is 10.2 Å². The van der Waals surface area contributed by atoms with Gasteiger partial charge < -0.3 is 10.2 Å². The topological polar surface area (TPSA) is 32.3 Å². The molecule has 1 amide bonds. The molecule has 1 saturated heterocycles. The predicted octanol–water partition coefficient (Wildman–Crippen LogP) is 2.02. The number of rotatable bonds is 6. The van der Waals surface area contributed by atoms with E-state index in [0.29, 0.717) is 11.8 Å². The predicted molar refractivity (Wildman–Crippen MR) is 67.4 cm³/mol. The molecule has 1 aliphatic heterocycles. The van der Waals surface area contributed by atoms with Gasteiger partial charge in [-0.2, -0.15) is 0 Å². The molecule has 1 N–H and O–H groups in total. The SMILES string of the molecule is CCCNCC(C)CN1CCCCCC1=O. The van der Waals surface area contributed by atoms with Gasteiger partial charge >= 0.3 is 0 Å². The Kier molecular flexibility index (Phi) is 6.46. The summed E-state index contributed by atoms with van der Waals surface area (Å²) >= 11 is 0. The minimum atomic E-state index is 0.361. The standard InChI is InChI=1S/C13H26N2O/c1-3-8-14-10-12(2)11-15-9-6-4-5-7-13(15)16/h12,14H,3-11H2,1-2H3. The van der Waals surface area contributed by atoms with Crippen LogP contribution in [0.1, 0.15) is 46.0 Å². The van der Waals surface area contributed by atoms with Gasteiger partial charge in [0.05, 0.1) is 0 Å². The summed E-state index contributed by atoms with van der Waals surface area (Å²) < 4.78 is 0. The molecule has 0 aromatic heterocycles. The van der Waals surface area contributed by atoms with Crippen LogP contribution in [-0.2, 0) is 4.79 Å². The summed E-state index contributed by atoms with van der Waals surface area (Å²) in [6.07, 6.45) is 5.41. The zero-order chi connectivity index (χ0) is 11.8. The van der Waals surface area contributed by atoms with Gasteiger partial charge in [0.15, 0.2) is 0 Å².